The van der Waals surface area contributed by atoms with Crippen molar-refractivity contribution >= 4 is 28.2 Å². The van der Waals surface area contributed by atoms with Crippen molar-refractivity contribution in [3.63, 3.8) is 0 Å². The summed E-state index contributed by atoms with van der Waals surface area (Å²) in [6.45, 7) is 0.624. The number of aromatic nitrogens is 2. The van der Waals surface area contributed by atoms with Gasteiger partial charge in [0, 0.05) is 40.6 Å². The summed E-state index contributed by atoms with van der Waals surface area (Å²) in [4.78, 5) is 8.52. The van der Waals surface area contributed by atoms with Gasteiger partial charge in [-0.2, -0.15) is 0 Å². The number of hydrogen-bond acceptors (Lipinski definition) is 4. The average Bonchev–Trinajstić information content (AvgIpc) is 2.52. The molecule has 0 spiro atoms. The fraction of sp³-hybridized carbons (Fsp3) is 0.125. The molecular weight excluding hydrogens is 286 g/mol. The summed E-state index contributed by atoms with van der Waals surface area (Å²) in [5.41, 5.74) is 2.87. The average molecular weight is 300 g/mol. The van der Waals surface area contributed by atoms with Gasteiger partial charge in [0.15, 0.2) is 0 Å². The van der Waals surface area contributed by atoms with E-state index in [1.54, 1.807) is 19.5 Å². The van der Waals surface area contributed by atoms with Crippen LogP contribution in [0.15, 0.2) is 48.8 Å². The van der Waals surface area contributed by atoms with Gasteiger partial charge in [-0.3, -0.25) is 4.98 Å². The van der Waals surface area contributed by atoms with Crippen molar-refractivity contribution in [3.8, 4) is 5.88 Å². The quantitative estimate of drug-likeness (QED) is 0.793. The topological polar surface area (TPSA) is 47.0 Å². The van der Waals surface area contributed by atoms with Crippen molar-refractivity contribution in [2.24, 2.45) is 0 Å². The van der Waals surface area contributed by atoms with Crippen molar-refractivity contribution in [1.29, 1.82) is 0 Å². The molecule has 0 fully saturated rings. The first-order valence-corrected chi connectivity index (χ1v) is 6.92. The predicted molar refractivity (Wildman–Crippen MR) is 84.9 cm³/mol. The molecule has 0 amide bonds. The lowest BCUT2D eigenvalue weighted by Gasteiger charge is -2.11. The molecule has 0 atom stereocenters. The zero-order valence-corrected chi connectivity index (χ0v) is 12.3. The summed E-state index contributed by atoms with van der Waals surface area (Å²) in [6.07, 6.45) is 3.48. The lowest BCUT2D eigenvalue weighted by molar-refractivity contribution is 0.393. The van der Waals surface area contributed by atoms with E-state index in [0.717, 1.165) is 22.2 Å². The molecule has 106 valence electrons. The number of halogens is 1. The fourth-order valence-electron chi connectivity index (χ4n) is 2.21. The summed E-state index contributed by atoms with van der Waals surface area (Å²) >= 11 is 6.00. The van der Waals surface area contributed by atoms with Crippen LogP contribution in [-0.2, 0) is 6.54 Å². The van der Waals surface area contributed by atoms with Crippen LogP contribution < -0.4 is 10.1 Å². The number of nitrogens with zero attached hydrogens (tertiary/aromatic N) is 2. The molecule has 1 N–H and O–H groups in total. The highest BCUT2D eigenvalue weighted by atomic mass is 35.5. The third-order valence-electron chi connectivity index (χ3n) is 3.22. The van der Waals surface area contributed by atoms with E-state index in [4.69, 9.17) is 16.3 Å². The first kappa shape index (κ1) is 13.6. The molecule has 0 aliphatic heterocycles. The van der Waals surface area contributed by atoms with Crippen molar-refractivity contribution in [3.05, 3.63) is 59.4 Å². The summed E-state index contributed by atoms with van der Waals surface area (Å²) in [5.74, 6) is 0.631. The molecule has 0 bridgehead atoms. The van der Waals surface area contributed by atoms with Crippen LogP contribution in [-0.4, -0.2) is 17.1 Å². The Morgan fingerprint density at radius 2 is 2.05 bits per heavy atom. The fourth-order valence-corrected chi connectivity index (χ4v) is 2.37. The zero-order chi connectivity index (χ0) is 14.7. The Labute approximate surface area is 127 Å². The lowest BCUT2D eigenvalue weighted by atomic mass is 10.2. The Morgan fingerprint density at radius 3 is 2.90 bits per heavy atom. The van der Waals surface area contributed by atoms with Gasteiger partial charge in [-0.25, -0.2) is 4.98 Å². The van der Waals surface area contributed by atoms with Gasteiger partial charge in [-0.15, -0.1) is 0 Å². The molecule has 2 aromatic heterocycles. The Balaban J connectivity index is 1.88. The molecule has 3 rings (SSSR count). The lowest BCUT2D eigenvalue weighted by Crippen LogP contribution is -2.03. The van der Waals surface area contributed by atoms with Crippen molar-refractivity contribution in [1.82, 2.24) is 9.97 Å². The van der Waals surface area contributed by atoms with Crippen molar-refractivity contribution < 1.29 is 4.74 Å². The van der Waals surface area contributed by atoms with Gasteiger partial charge in [0.2, 0.25) is 5.88 Å². The third kappa shape index (κ3) is 2.90. The van der Waals surface area contributed by atoms with Crippen LogP contribution in [0.3, 0.4) is 0 Å². The van der Waals surface area contributed by atoms with E-state index in [-0.39, 0.29) is 0 Å². The SMILES string of the molecule is COc1ncccc1CNc1ccnc2cc(Cl)ccc12. The van der Waals surface area contributed by atoms with Crippen LogP contribution in [0, 0.1) is 0 Å². The summed E-state index contributed by atoms with van der Waals surface area (Å²) in [5, 5.41) is 5.11. The first-order valence-electron chi connectivity index (χ1n) is 6.54. The van der Waals surface area contributed by atoms with Crippen LogP contribution in [0.25, 0.3) is 10.9 Å². The van der Waals surface area contributed by atoms with Gasteiger partial charge in [0.1, 0.15) is 0 Å². The molecule has 1 aromatic carbocycles. The molecular formula is C16H14ClN3O. The van der Waals surface area contributed by atoms with E-state index >= 15 is 0 Å². The number of methoxy groups -OCH3 is 1. The Kier molecular flexibility index (Phi) is 3.88. The molecule has 0 saturated carbocycles. The number of nitrogens with one attached hydrogen (secondary N) is 1. The molecule has 0 radical (unpaired) electrons. The monoisotopic (exact) mass is 299 g/mol. The highest BCUT2D eigenvalue weighted by Gasteiger charge is 2.05. The smallest absolute Gasteiger partial charge is 0.218 e. The molecule has 3 aromatic rings. The number of hydrogen-bond donors (Lipinski definition) is 1. The Hall–Kier alpha value is -2.33. The Morgan fingerprint density at radius 1 is 1.14 bits per heavy atom. The highest BCUT2D eigenvalue weighted by Crippen LogP contribution is 2.25. The van der Waals surface area contributed by atoms with Crippen LogP contribution in [0.1, 0.15) is 5.56 Å². The van der Waals surface area contributed by atoms with Crippen LogP contribution >= 0.6 is 11.6 Å². The minimum Gasteiger partial charge on any atom is -0.481 e. The number of rotatable bonds is 4. The van der Waals surface area contributed by atoms with Gasteiger partial charge >= 0.3 is 0 Å². The van der Waals surface area contributed by atoms with Crippen LogP contribution in [0.4, 0.5) is 5.69 Å². The number of anilines is 1. The van der Waals surface area contributed by atoms with E-state index in [9.17, 15) is 0 Å². The summed E-state index contributed by atoms with van der Waals surface area (Å²) in [6, 6.07) is 11.5. The summed E-state index contributed by atoms with van der Waals surface area (Å²) < 4.78 is 5.26. The van der Waals surface area contributed by atoms with Gasteiger partial charge in [0.05, 0.1) is 12.6 Å². The molecule has 0 saturated heterocycles. The minimum atomic E-state index is 0.624. The van der Waals surface area contributed by atoms with Crippen molar-refractivity contribution in [2.45, 2.75) is 6.54 Å². The van der Waals surface area contributed by atoms with Gasteiger partial charge in [0.25, 0.3) is 0 Å². The maximum atomic E-state index is 6.00. The number of benzene rings is 1. The maximum Gasteiger partial charge on any atom is 0.218 e. The molecule has 5 heteroatoms. The highest BCUT2D eigenvalue weighted by molar-refractivity contribution is 6.31. The molecule has 0 aliphatic rings. The zero-order valence-electron chi connectivity index (χ0n) is 11.5. The number of pyridine rings is 2. The van der Waals surface area contributed by atoms with E-state index < -0.39 is 0 Å². The standard InChI is InChI=1S/C16H14ClN3O/c1-21-16-11(3-2-7-19-16)10-20-14-6-8-18-15-9-12(17)4-5-13(14)15/h2-9H,10H2,1H3,(H,18,20). The maximum absolute atomic E-state index is 6.00. The molecule has 21 heavy (non-hydrogen) atoms. The molecule has 4 nitrogen and oxygen atoms in total. The minimum absolute atomic E-state index is 0.624. The Bertz CT molecular complexity index is 776. The largest absolute Gasteiger partial charge is 0.481 e. The second kappa shape index (κ2) is 5.97. The van der Waals surface area contributed by atoms with E-state index in [1.807, 2.05) is 36.4 Å². The van der Waals surface area contributed by atoms with E-state index in [0.29, 0.717) is 17.4 Å². The first-order chi connectivity index (χ1) is 10.3. The molecule has 0 unspecified atom stereocenters. The summed E-state index contributed by atoms with van der Waals surface area (Å²) in [7, 11) is 1.62. The van der Waals surface area contributed by atoms with E-state index in [1.165, 1.54) is 0 Å². The van der Waals surface area contributed by atoms with E-state index in [2.05, 4.69) is 15.3 Å². The second-order valence-electron chi connectivity index (χ2n) is 4.55. The van der Waals surface area contributed by atoms with Gasteiger partial charge in [-0.1, -0.05) is 17.7 Å². The van der Waals surface area contributed by atoms with Gasteiger partial charge in [-0.05, 0) is 30.3 Å². The number of ether oxygens (including phenoxy) is 1. The normalized spacial score (nSPS) is 10.6. The van der Waals surface area contributed by atoms with Crippen LogP contribution in [0.2, 0.25) is 5.02 Å². The third-order valence-corrected chi connectivity index (χ3v) is 3.45. The molecule has 2 heterocycles. The number of fused-ring (bicyclic) bond motifs is 1. The second-order valence-corrected chi connectivity index (χ2v) is 4.98. The van der Waals surface area contributed by atoms with Gasteiger partial charge < -0.3 is 10.1 Å². The van der Waals surface area contributed by atoms with Crippen LogP contribution in [0.5, 0.6) is 5.88 Å². The predicted octanol–water partition coefficient (Wildman–Crippen LogP) is 3.90. The van der Waals surface area contributed by atoms with Crippen molar-refractivity contribution in [2.75, 3.05) is 12.4 Å². The molecule has 0 aliphatic carbocycles.